The first kappa shape index (κ1) is 19.4. The van der Waals surface area contributed by atoms with Crippen molar-refractivity contribution in [3.63, 3.8) is 0 Å². The van der Waals surface area contributed by atoms with Crippen molar-refractivity contribution >= 4 is 11.8 Å². The highest BCUT2D eigenvalue weighted by atomic mass is 16.3. The van der Waals surface area contributed by atoms with Gasteiger partial charge in [0, 0.05) is 32.0 Å². The van der Waals surface area contributed by atoms with Gasteiger partial charge < -0.3 is 15.3 Å². The molecule has 0 spiro atoms. The molecule has 1 aliphatic carbocycles. The summed E-state index contributed by atoms with van der Waals surface area (Å²) >= 11 is 0. The molecule has 5 nitrogen and oxygen atoms in total. The molecule has 1 aromatic carbocycles. The topological polar surface area (TPSA) is 69.6 Å². The van der Waals surface area contributed by atoms with Gasteiger partial charge in [-0.3, -0.25) is 9.59 Å². The smallest absolute Gasteiger partial charge is 0.239 e. The molecule has 0 bridgehead atoms. The summed E-state index contributed by atoms with van der Waals surface area (Å²) in [7, 11) is 0. The molecule has 0 heterocycles. The molecule has 0 aliphatic heterocycles. The number of nitrogens with zero attached hydrogens (tertiary/aromatic N) is 1. The first-order chi connectivity index (χ1) is 12.1. The van der Waals surface area contributed by atoms with Crippen LogP contribution in [-0.2, 0) is 16.0 Å². The zero-order valence-electron chi connectivity index (χ0n) is 15.1. The predicted molar refractivity (Wildman–Crippen MR) is 98.0 cm³/mol. The summed E-state index contributed by atoms with van der Waals surface area (Å²) in [5.74, 6) is -0.0965. The molecule has 2 atom stereocenters. The van der Waals surface area contributed by atoms with Gasteiger partial charge in [0.2, 0.25) is 11.8 Å². The van der Waals surface area contributed by atoms with Crippen molar-refractivity contribution in [2.75, 3.05) is 19.7 Å². The van der Waals surface area contributed by atoms with Crippen LogP contribution in [0, 0.1) is 5.92 Å². The maximum Gasteiger partial charge on any atom is 0.239 e. The third-order valence-corrected chi connectivity index (χ3v) is 5.03. The van der Waals surface area contributed by atoms with Crippen molar-refractivity contribution in [3.8, 4) is 0 Å². The van der Waals surface area contributed by atoms with Crippen molar-refractivity contribution in [3.05, 3.63) is 35.9 Å². The minimum absolute atomic E-state index is 0.0166. The molecule has 2 amide bonds. The van der Waals surface area contributed by atoms with E-state index in [9.17, 15) is 14.7 Å². The Hall–Kier alpha value is -1.88. The Morgan fingerprint density at radius 3 is 2.56 bits per heavy atom. The number of rotatable bonds is 7. The van der Waals surface area contributed by atoms with Crippen LogP contribution in [0.4, 0.5) is 0 Å². The second kappa shape index (κ2) is 10.2. The number of carbonyl (C=O) groups excluding carboxylic acids is 2. The number of nitrogens with one attached hydrogen (secondary N) is 1. The zero-order valence-corrected chi connectivity index (χ0v) is 15.1. The van der Waals surface area contributed by atoms with Crippen molar-refractivity contribution in [2.24, 2.45) is 5.92 Å². The van der Waals surface area contributed by atoms with Gasteiger partial charge in [-0.15, -0.1) is 0 Å². The van der Waals surface area contributed by atoms with Gasteiger partial charge in [-0.1, -0.05) is 49.6 Å². The van der Waals surface area contributed by atoms with Gasteiger partial charge in [0.05, 0.1) is 6.54 Å². The van der Waals surface area contributed by atoms with Crippen LogP contribution in [0.1, 0.15) is 44.6 Å². The third-order valence-electron chi connectivity index (χ3n) is 5.03. The maximum absolute atomic E-state index is 12.4. The van der Waals surface area contributed by atoms with Crippen LogP contribution in [0.15, 0.2) is 30.3 Å². The molecule has 2 unspecified atom stereocenters. The number of carbonyl (C=O) groups is 2. The lowest BCUT2D eigenvalue weighted by Gasteiger charge is -2.27. The molecule has 2 rings (SSSR count). The highest BCUT2D eigenvalue weighted by molar-refractivity contribution is 5.84. The van der Waals surface area contributed by atoms with E-state index >= 15 is 0 Å². The van der Waals surface area contributed by atoms with E-state index in [2.05, 4.69) is 5.32 Å². The minimum Gasteiger partial charge on any atom is -0.396 e. The zero-order chi connectivity index (χ0) is 18.1. The monoisotopic (exact) mass is 346 g/mol. The van der Waals surface area contributed by atoms with Gasteiger partial charge in [-0.05, 0) is 24.8 Å². The molecule has 2 N–H and O–H groups in total. The first-order valence-corrected chi connectivity index (χ1v) is 9.30. The van der Waals surface area contributed by atoms with Gasteiger partial charge in [-0.25, -0.2) is 0 Å². The fourth-order valence-corrected chi connectivity index (χ4v) is 3.48. The van der Waals surface area contributed by atoms with E-state index in [1.807, 2.05) is 30.3 Å². The van der Waals surface area contributed by atoms with Crippen molar-refractivity contribution < 1.29 is 14.7 Å². The lowest BCUT2D eigenvalue weighted by Crippen LogP contribution is -2.47. The van der Waals surface area contributed by atoms with Crippen LogP contribution in [-0.4, -0.2) is 47.6 Å². The van der Waals surface area contributed by atoms with Crippen LogP contribution in [0.3, 0.4) is 0 Å². The Bertz CT molecular complexity index is 547. The van der Waals surface area contributed by atoms with E-state index in [4.69, 9.17) is 0 Å². The molecule has 1 fully saturated rings. The molecule has 0 saturated heterocycles. The highest BCUT2D eigenvalue weighted by Crippen LogP contribution is 2.23. The number of benzene rings is 1. The lowest BCUT2D eigenvalue weighted by atomic mass is 9.95. The Balaban J connectivity index is 1.87. The largest absolute Gasteiger partial charge is 0.396 e. The first-order valence-electron chi connectivity index (χ1n) is 9.30. The third kappa shape index (κ3) is 6.50. The summed E-state index contributed by atoms with van der Waals surface area (Å²) in [4.78, 5) is 25.9. The summed E-state index contributed by atoms with van der Waals surface area (Å²) in [6.07, 6.45) is 5.92. The molecule has 1 aliphatic rings. The minimum atomic E-state index is -0.131. The van der Waals surface area contributed by atoms with Gasteiger partial charge in [-0.2, -0.15) is 0 Å². The Morgan fingerprint density at radius 1 is 1.16 bits per heavy atom. The second-order valence-corrected chi connectivity index (χ2v) is 6.93. The van der Waals surface area contributed by atoms with E-state index in [-0.39, 0.29) is 36.9 Å². The number of amides is 2. The van der Waals surface area contributed by atoms with Gasteiger partial charge in [0.25, 0.3) is 0 Å². The molecule has 1 aromatic rings. The highest BCUT2D eigenvalue weighted by Gasteiger charge is 2.25. The predicted octanol–water partition coefficient (Wildman–Crippen LogP) is 2.14. The number of hydrogen-bond acceptors (Lipinski definition) is 3. The van der Waals surface area contributed by atoms with E-state index in [1.54, 1.807) is 4.90 Å². The quantitative estimate of drug-likeness (QED) is 0.743. The standard InChI is InChI=1S/C20H30N2O3/c1-16(24)22(13-12-17-8-4-2-5-9-17)14-20(25)21-19-11-7-3-6-10-18(19)15-23/h2,4-5,8-9,18-19,23H,3,6-7,10-15H2,1H3,(H,21,25). The van der Waals surface area contributed by atoms with Crippen LogP contribution in [0.25, 0.3) is 0 Å². The van der Waals surface area contributed by atoms with Gasteiger partial charge in [0.1, 0.15) is 0 Å². The summed E-state index contributed by atoms with van der Waals surface area (Å²) in [5, 5.41) is 12.6. The van der Waals surface area contributed by atoms with Gasteiger partial charge in [0.15, 0.2) is 0 Å². The van der Waals surface area contributed by atoms with Crippen molar-refractivity contribution in [1.29, 1.82) is 0 Å². The average Bonchev–Trinajstić information content (AvgIpc) is 2.84. The molecule has 0 aromatic heterocycles. The van der Waals surface area contributed by atoms with E-state index < -0.39 is 0 Å². The molecular weight excluding hydrogens is 316 g/mol. The summed E-state index contributed by atoms with van der Waals surface area (Å²) in [5.41, 5.74) is 1.15. The molecule has 25 heavy (non-hydrogen) atoms. The van der Waals surface area contributed by atoms with E-state index in [0.717, 1.165) is 44.1 Å². The van der Waals surface area contributed by atoms with Crippen LogP contribution < -0.4 is 5.32 Å². The van der Waals surface area contributed by atoms with Crippen LogP contribution >= 0.6 is 0 Å². The van der Waals surface area contributed by atoms with E-state index in [0.29, 0.717) is 6.54 Å². The maximum atomic E-state index is 12.4. The average molecular weight is 346 g/mol. The van der Waals surface area contributed by atoms with Crippen LogP contribution in [0.2, 0.25) is 0 Å². The Labute approximate surface area is 150 Å². The summed E-state index contributed by atoms with van der Waals surface area (Å²) in [6, 6.07) is 9.97. The number of hydrogen-bond donors (Lipinski definition) is 2. The number of aliphatic hydroxyl groups excluding tert-OH is 1. The normalized spacial score (nSPS) is 20.6. The SMILES string of the molecule is CC(=O)N(CCc1ccccc1)CC(=O)NC1CCCCCC1CO. The van der Waals surface area contributed by atoms with Crippen molar-refractivity contribution in [2.45, 2.75) is 51.5 Å². The fourth-order valence-electron chi connectivity index (χ4n) is 3.48. The Morgan fingerprint density at radius 2 is 1.88 bits per heavy atom. The summed E-state index contributed by atoms with van der Waals surface area (Å²) < 4.78 is 0. The molecule has 0 radical (unpaired) electrons. The second-order valence-electron chi connectivity index (χ2n) is 6.93. The lowest BCUT2D eigenvalue weighted by molar-refractivity contribution is -0.134. The fraction of sp³-hybridized carbons (Fsp3) is 0.600. The van der Waals surface area contributed by atoms with Crippen LogP contribution in [0.5, 0.6) is 0 Å². The van der Waals surface area contributed by atoms with Crippen molar-refractivity contribution in [1.82, 2.24) is 10.2 Å². The summed E-state index contributed by atoms with van der Waals surface area (Å²) in [6.45, 7) is 2.22. The molecule has 138 valence electrons. The van der Waals surface area contributed by atoms with Gasteiger partial charge >= 0.3 is 0 Å². The molecule has 1 saturated carbocycles. The molecule has 5 heteroatoms. The molecular formula is C20H30N2O3. The number of aliphatic hydroxyl groups is 1. The van der Waals surface area contributed by atoms with E-state index in [1.165, 1.54) is 6.92 Å². The Kier molecular flexibility index (Phi) is 7.92.